The van der Waals surface area contributed by atoms with Gasteiger partial charge >= 0.3 is 6.03 Å². The quantitative estimate of drug-likeness (QED) is 0.744. The Kier molecular flexibility index (Phi) is 6.40. The minimum atomic E-state index is -0.220. The Hall–Kier alpha value is -2.46. The first kappa shape index (κ1) is 19.3. The van der Waals surface area contributed by atoms with Crippen LogP contribution in [0.2, 0.25) is 0 Å². The number of amides is 2. The van der Waals surface area contributed by atoms with Crippen LogP contribution < -0.4 is 5.32 Å². The van der Waals surface area contributed by atoms with Gasteiger partial charge in [-0.15, -0.1) is 10.2 Å². The summed E-state index contributed by atoms with van der Waals surface area (Å²) in [4.78, 5) is 21.1. The maximum Gasteiger partial charge on any atom is 0.318 e. The zero-order chi connectivity index (χ0) is 19.2. The molecule has 148 valence electrons. The lowest BCUT2D eigenvalue weighted by molar-refractivity contribution is 0.131. The predicted molar refractivity (Wildman–Crippen MR) is 98.9 cm³/mol. The number of aromatic nitrogens is 5. The molecule has 10 nitrogen and oxygen atoms in total. The van der Waals surface area contributed by atoms with Gasteiger partial charge in [0.05, 0.1) is 19.2 Å². The SMILES string of the molecule is COCCn1cnnc1C(C)NC(=O)N1CCN(Cc2nccn2C)CC1. The lowest BCUT2D eigenvalue weighted by Crippen LogP contribution is -2.52. The minimum absolute atomic E-state index is 0.0690. The number of aryl methyl sites for hydroxylation is 1. The maximum absolute atomic E-state index is 12.6. The molecular weight excluding hydrogens is 348 g/mol. The van der Waals surface area contributed by atoms with E-state index in [1.165, 1.54) is 0 Å². The van der Waals surface area contributed by atoms with Gasteiger partial charge in [-0.3, -0.25) is 4.90 Å². The van der Waals surface area contributed by atoms with E-state index < -0.39 is 0 Å². The van der Waals surface area contributed by atoms with E-state index in [2.05, 4.69) is 25.4 Å². The van der Waals surface area contributed by atoms with E-state index in [1.54, 1.807) is 13.4 Å². The topological polar surface area (TPSA) is 93.3 Å². The van der Waals surface area contributed by atoms with Gasteiger partial charge in [-0.05, 0) is 6.92 Å². The van der Waals surface area contributed by atoms with E-state index in [9.17, 15) is 4.79 Å². The van der Waals surface area contributed by atoms with Crippen molar-refractivity contribution in [2.75, 3.05) is 39.9 Å². The Morgan fingerprint density at radius 2 is 2.11 bits per heavy atom. The second-order valence-corrected chi connectivity index (χ2v) is 6.76. The van der Waals surface area contributed by atoms with Gasteiger partial charge < -0.3 is 24.1 Å². The zero-order valence-corrected chi connectivity index (χ0v) is 16.2. The van der Waals surface area contributed by atoms with E-state index in [0.29, 0.717) is 26.2 Å². The van der Waals surface area contributed by atoms with Crippen LogP contribution in [0.5, 0.6) is 0 Å². The van der Waals surface area contributed by atoms with Crippen LogP contribution in [0.15, 0.2) is 18.7 Å². The lowest BCUT2D eigenvalue weighted by Gasteiger charge is -2.35. The van der Waals surface area contributed by atoms with Gasteiger partial charge in [0.25, 0.3) is 0 Å². The van der Waals surface area contributed by atoms with Crippen molar-refractivity contribution in [3.63, 3.8) is 0 Å². The monoisotopic (exact) mass is 376 g/mol. The van der Waals surface area contributed by atoms with Crippen LogP contribution in [0.4, 0.5) is 4.79 Å². The molecule has 2 amide bonds. The molecule has 3 rings (SSSR count). The van der Waals surface area contributed by atoms with Crippen molar-refractivity contribution in [1.82, 2.24) is 39.4 Å². The van der Waals surface area contributed by atoms with Crippen molar-refractivity contribution in [2.45, 2.75) is 26.1 Å². The molecule has 0 saturated carbocycles. The van der Waals surface area contributed by atoms with Crippen molar-refractivity contribution in [1.29, 1.82) is 0 Å². The summed E-state index contributed by atoms with van der Waals surface area (Å²) in [5.41, 5.74) is 0. The Morgan fingerprint density at radius 1 is 1.33 bits per heavy atom. The molecule has 10 heteroatoms. The van der Waals surface area contributed by atoms with Gasteiger partial charge in [0, 0.05) is 59.3 Å². The average Bonchev–Trinajstić information content (AvgIpc) is 3.29. The highest BCUT2D eigenvalue weighted by atomic mass is 16.5. The lowest BCUT2D eigenvalue weighted by atomic mass is 10.3. The molecule has 3 heterocycles. The molecule has 0 spiro atoms. The number of hydrogen-bond donors (Lipinski definition) is 1. The Labute approximate surface area is 159 Å². The highest BCUT2D eigenvalue weighted by Gasteiger charge is 2.24. The molecule has 1 aliphatic rings. The summed E-state index contributed by atoms with van der Waals surface area (Å²) in [6.07, 6.45) is 5.42. The largest absolute Gasteiger partial charge is 0.383 e. The van der Waals surface area contributed by atoms with Gasteiger partial charge in [0.15, 0.2) is 5.82 Å². The molecule has 27 heavy (non-hydrogen) atoms. The van der Waals surface area contributed by atoms with Crippen molar-refractivity contribution < 1.29 is 9.53 Å². The van der Waals surface area contributed by atoms with Crippen molar-refractivity contribution in [2.24, 2.45) is 7.05 Å². The Balaban J connectivity index is 1.48. The number of rotatable bonds is 7. The average molecular weight is 376 g/mol. The summed E-state index contributed by atoms with van der Waals surface area (Å²) in [5, 5.41) is 11.1. The van der Waals surface area contributed by atoms with Crippen molar-refractivity contribution in [3.05, 3.63) is 30.4 Å². The van der Waals surface area contributed by atoms with Gasteiger partial charge in [-0.2, -0.15) is 0 Å². The summed E-state index contributed by atoms with van der Waals surface area (Å²) in [6, 6.07) is -0.289. The maximum atomic E-state index is 12.6. The highest BCUT2D eigenvalue weighted by Crippen LogP contribution is 2.11. The number of carbonyl (C=O) groups excluding carboxylic acids is 1. The fourth-order valence-corrected chi connectivity index (χ4v) is 3.16. The van der Waals surface area contributed by atoms with Crippen LogP contribution in [0.1, 0.15) is 24.6 Å². The van der Waals surface area contributed by atoms with Crippen LogP contribution in [0, 0.1) is 0 Å². The first-order chi connectivity index (χ1) is 13.1. The third-order valence-corrected chi connectivity index (χ3v) is 4.85. The fraction of sp³-hybridized carbons (Fsp3) is 0.647. The highest BCUT2D eigenvalue weighted by molar-refractivity contribution is 5.74. The van der Waals surface area contributed by atoms with Crippen molar-refractivity contribution in [3.8, 4) is 0 Å². The number of nitrogens with one attached hydrogen (secondary N) is 1. The molecule has 2 aromatic heterocycles. The molecule has 1 saturated heterocycles. The summed E-state index contributed by atoms with van der Waals surface area (Å²) < 4.78 is 9.03. The molecule has 0 aromatic carbocycles. The van der Waals surface area contributed by atoms with Crippen molar-refractivity contribution >= 4 is 6.03 Å². The second-order valence-electron chi connectivity index (χ2n) is 6.76. The van der Waals surface area contributed by atoms with Crippen LogP contribution in [-0.4, -0.2) is 80.0 Å². The Morgan fingerprint density at radius 3 is 2.78 bits per heavy atom. The second kappa shape index (κ2) is 8.96. The van der Waals surface area contributed by atoms with Gasteiger partial charge in [-0.25, -0.2) is 9.78 Å². The summed E-state index contributed by atoms with van der Waals surface area (Å²) in [5.74, 6) is 1.77. The number of hydrogen-bond acceptors (Lipinski definition) is 6. The first-order valence-electron chi connectivity index (χ1n) is 9.19. The Bertz CT molecular complexity index is 735. The van der Waals surface area contributed by atoms with E-state index in [1.807, 2.05) is 40.4 Å². The third-order valence-electron chi connectivity index (χ3n) is 4.85. The fourth-order valence-electron chi connectivity index (χ4n) is 3.16. The summed E-state index contributed by atoms with van der Waals surface area (Å²) in [7, 11) is 3.65. The van der Waals surface area contributed by atoms with Crippen LogP contribution in [0.25, 0.3) is 0 Å². The zero-order valence-electron chi connectivity index (χ0n) is 16.2. The number of methoxy groups -OCH3 is 1. The van der Waals surface area contributed by atoms with Crippen LogP contribution in [-0.2, 0) is 24.9 Å². The molecule has 1 aliphatic heterocycles. The van der Waals surface area contributed by atoms with Crippen LogP contribution in [0.3, 0.4) is 0 Å². The van der Waals surface area contributed by atoms with Crippen LogP contribution >= 0.6 is 0 Å². The standard InChI is InChI=1S/C17H28N8O2/c1-14(16-21-19-13-25(16)10-11-27-3)20-17(26)24-8-6-23(7-9-24)12-15-18-4-5-22(15)2/h4-5,13-14H,6-12H2,1-3H3,(H,20,26). The molecule has 0 aliphatic carbocycles. The van der Waals surface area contributed by atoms with E-state index in [4.69, 9.17) is 4.74 Å². The predicted octanol–water partition coefficient (Wildman–Crippen LogP) is 0.246. The molecule has 0 bridgehead atoms. The smallest absolute Gasteiger partial charge is 0.318 e. The molecule has 1 fully saturated rings. The van der Waals surface area contributed by atoms with Gasteiger partial charge in [0.1, 0.15) is 12.2 Å². The number of ether oxygens (including phenoxy) is 1. The number of urea groups is 1. The molecule has 2 aromatic rings. The number of piperazine rings is 1. The normalized spacial score (nSPS) is 16.5. The third kappa shape index (κ3) is 4.83. The van der Waals surface area contributed by atoms with E-state index in [-0.39, 0.29) is 12.1 Å². The molecule has 0 radical (unpaired) electrons. The minimum Gasteiger partial charge on any atom is -0.383 e. The number of nitrogens with zero attached hydrogens (tertiary/aromatic N) is 7. The summed E-state index contributed by atoms with van der Waals surface area (Å²) >= 11 is 0. The molecular formula is C17H28N8O2. The number of carbonyl (C=O) groups is 1. The van der Waals surface area contributed by atoms with Gasteiger partial charge in [0.2, 0.25) is 0 Å². The molecule has 1 unspecified atom stereocenters. The van der Waals surface area contributed by atoms with E-state index in [0.717, 1.165) is 31.3 Å². The number of imidazole rings is 1. The first-order valence-corrected chi connectivity index (χ1v) is 9.19. The van der Waals surface area contributed by atoms with E-state index >= 15 is 0 Å². The summed E-state index contributed by atoms with van der Waals surface area (Å²) in [6.45, 7) is 7.01. The van der Waals surface area contributed by atoms with Gasteiger partial charge in [-0.1, -0.05) is 0 Å². The molecule has 1 N–H and O–H groups in total. The molecule has 1 atom stereocenters.